The third-order valence-corrected chi connectivity index (χ3v) is 5.59. The van der Waals surface area contributed by atoms with Crippen LogP contribution in [0.4, 0.5) is 5.69 Å². The molecule has 1 N–H and O–H groups in total. The summed E-state index contributed by atoms with van der Waals surface area (Å²) in [5.41, 5.74) is 1.23. The van der Waals surface area contributed by atoms with Crippen LogP contribution in [0.2, 0.25) is 0 Å². The molecule has 1 aromatic rings. The van der Waals surface area contributed by atoms with Gasteiger partial charge in [-0.1, -0.05) is 0 Å². The van der Waals surface area contributed by atoms with Crippen LogP contribution in [0.25, 0.3) is 0 Å². The van der Waals surface area contributed by atoms with Crippen molar-refractivity contribution in [2.24, 2.45) is 0 Å². The Balaban J connectivity index is 2.50. The Labute approximate surface area is 132 Å². The molecule has 0 unspecified atom stereocenters. The number of sulfonamides is 1. The fraction of sp³-hybridized carbons (Fsp3) is 0.533. The average molecular weight is 325 g/mol. The van der Waals surface area contributed by atoms with E-state index in [4.69, 9.17) is 0 Å². The van der Waals surface area contributed by atoms with Crippen molar-refractivity contribution in [2.45, 2.75) is 24.7 Å². The molecular weight excluding hydrogens is 302 g/mol. The molecule has 2 rings (SSSR count). The number of hydrogen-bond acceptors (Lipinski definition) is 4. The largest absolute Gasteiger partial charge is 0.371 e. The van der Waals surface area contributed by atoms with E-state index in [1.165, 1.54) is 20.2 Å². The van der Waals surface area contributed by atoms with Crippen molar-refractivity contribution in [3.05, 3.63) is 23.8 Å². The molecule has 1 saturated heterocycles. The predicted octanol–water partition coefficient (Wildman–Crippen LogP) is 1.29. The zero-order chi connectivity index (χ0) is 16.3. The topological polar surface area (TPSA) is 69.7 Å². The Morgan fingerprint density at radius 1 is 1.27 bits per heavy atom. The average Bonchev–Trinajstić information content (AvgIpc) is 3.00. The molecule has 0 bridgehead atoms. The van der Waals surface area contributed by atoms with E-state index in [1.54, 1.807) is 12.1 Å². The van der Waals surface area contributed by atoms with E-state index in [9.17, 15) is 13.2 Å². The van der Waals surface area contributed by atoms with Crippen LogP contribution in [0.1, 0.15) is 30.1 Å². The lowest BCUT2D eigenvalue weighted by atomic mass is 10.1. The highest BCUT2D eigenvalue weighted by molar-refractivity contribution is 7.89. The number of amides is 1. The van der Waals surface area contributed by atoms with Gasteiger partial charge in [-0.25, -0.2) is 12.7 Å². The second-order valence-corrected chi connectivity index (χ2v) is 7.67. The smallest absolute Gasteiger partial charge is 0.253 e. The molecule has 1 heterocycles. The maximum Gasteiger partial charge on any atom is 0.253 e. The summed E-state index contributed by atoms with van der Waals surface area (Å²) in [6.07, 6.45) is 2.18. The molecule has 0 aromatic heterocycles. The monoisotopic (exact) mass is 325 g/mol. The zero-order valence-electron chi connectivity index (χ0n) is 13.3. The number of nitrogens with one attached hydrogen (secondary N) is 1. The van der Waals surface area contributed by atoms with Gasteiger partial charge in [0.25, 0.3) is 5.91 Å². The van der Waals surface area contributed by atoms with Crippen LogP contribution in [0.5, 0.6) is 0 Å². The Hall–Kier alpha value is -1.60. The Bertz CT molecular complexity index is 650. The van der Waals surface area contributed by atoms with Crippen LogP contribution < -0.4 is 10.2 Å². The number of anilines is 1. The molecule has 22 heavy (non-hydrogen) atoms. The molecule has 0 aliphatic carbocycles. The van der Waals surface area contributed by atoms with Gasteiger partial charge < -0.3 is 10.2 Å². The molecule has 122 valence electrons. The van der Waals surface area contributed by atoms with E-state index in [0.29, 0.717) is 12.1 Å². The van der Waals surface area contributed by atoms with Crippen LogP contribution in [0.15, 0.2) is 23.1 Å². The van der Waals surface area contributed by atoms with Crippen molar-refractivity contribution in [3.8, 4) is 0 Å². The Kier molecular flexibility index (Phi) is 5.08. The van der Waals surface area contributed by atoms with Crippen LogP contribution in [-0.4, -0.2) is 52.4 Å². The van der Waals surface area contributed by atoms with Gasteiger partial charge in [-0.15, -0.1) is 0 Å². The molecule has 7 heteroatoms. The normalized spacial score (nSPS) is 15.4. The number of carbonyl (C=O) groups excluding carboxylic acids is 1. The van der Waals surface area contributed by atoms with Crippen molar-refractivity contribution in [1.29, 1.82) is 0 Å². The molecule has 1 aliphatic rings. The van der Waals surface area contributed by atoms with Gasteiger partial charge >= 0.3 is 0 Å². The van der Waals surface area contributed by atoms with Crippen LogP contribution in [0, 0.1) is 0 Å². The maximum atomic E-state index is 12.3. The van der Waals surface area contributed by atoms with Gasteiger partial charge in [-0.3, -0.25) is 4.79 Å². The van der Waals surface area contributed by atoms with Crippen molar-refractivity contribution in [3.63, 3.8) is 0 Å². The quantitative estimate of drug-likeness (QED) is 0.885. The summed E-state index contributed by atoms with van der Waals surface area (Å²) in [6.45, 7) is 4.13. The van der Waals surface area contributed by atoms with Crippen molar-refractivity contribution >= 4 is 21.6 Å². The molecule has 6 nitrogen and oxygen atoms in total. The van der Waals surface area contributed by atoms with E-state index in [2.05, 4.69) is 10.2 Å². The van der Waals surface area contributed by atoms with Gasteiger partial charge in [0.05, 0.1) is 10.5 Å². The summed E-state index contributed by atoms with van der Waals surface area (Å²) in [7, 11) is -0.590. The van der Waals surface area contributed by atoms with E-state index < -0.39 is 10.0 Å². The summed E-state index contributed by atoms with van der Waals surface area (Å²) in [4.78, 5) is 14.6. The first kappa shape index (κ1) is 16.8. The lowest BCUT2D eigenvalue weighted by Gasteiger charge is -2.22. The number of nitrogens with zero attached hydrogens (tertiary/aromatic N) is 2. The molecule has 0 saturated carbocycles. The fourth-order valence-electron chi connectivity index (χ4n) is 2.56. The highest BCUT2D eigenvalue weighted by Gasteiger charge is 2.24. The minimum absolute atomic E-state index is 0.140. The van der Waals surface area contributed by atoms with Crippen LogP contribution >= 0.6 is 0 Å². The van der Waals surface area contributed by atoms with Gasteiger partial charge in [-0.05, 0) is 38.0 Å². The summed E-state index contributed by atoms with van der Waals surface area (Å²) >= 11 is 0. The zero-order valence-corrected chi connectivity index (χ0v) is 14.1. The molecule has 0 spiro atoms. The maximum absolute atomic E-state index is 12.3. The molecule has 1 aromatic carbocycles. The highest BCUT2D eigenvalue weighted by Crippen LogP contribution is 2.28. The predicted molar refractivity (Wildman–Crippen MR) is 86.8 cm³/mol. The minimum Gasteiger partial charge on any atom is -0.371 e. The summed E-state index contributed by atoms with van der Waals surface area (Å²) in [5.74, 6) is -0.236. The van der Waals surface area contributed by atoms with Crippen LogP contribution in [-0.2, 0) is 10.0 Å². The van der Waals surface area contributed by atoms with Gasteiger partial charge in [0.15, 0.2) is 0 Å². The number of hydrogen-bond donors (Lipinski definition) is 1. The van der Waals surface area contributed by atoms with E-state index >= 15 is 0 Å². The van der Waals surface area contributed by atoms with Crippen molar-refractivity contribution in [1.82, 2.24) is 9.62 Å². The van der Waals surface area contributed by atoms with E-state index in [1.807, 2.05) is 6.92 Å². The Morgan fingerprint density at radius 2 is 1.91 bits per heavy atom. The number of rotatable bonds is 5. The fourth-order valence-corrected chi connectivity index (χ4v) is 3.49. The number of carbonyl (C=O) groups is 1. The van der Waals surface area contributed by atoms with Crippen LogP contribution in [0.3, 0.4) is 0 Å². The SMILES string of the molecule is CCNC(=O)c1cc(S(=O)(=O)N(C)C)ccc1N1CCCC1. The molecule has 1 amide bonds. The second kappa shape index (κ2) is 6.66. The molecule has 0 atom stereocenters. The molecule has 0 radical (unpaired) electrons. The van der Waals surface area contributed by atoms with Gasteiger partial charge in [0.2, 0.25) is 10.0 Å². The lowest BCUT2D eigenvalue weighted by Crippen LogP contribution is -2.28. The second-order valence-electron chi connectivity index (χ2n) is 5.52. The first-order valence-electron chi connectivity index (χ1n) is 7.47. The summed E-state index contributed by atoms with van der Waals surface area (Å²) in [5, 5.41) is 2.76. The Morgan fingerprint density at radius 3 is 2.45 bits per heavy atom. The van der Waals surface area contributed by atoms with E-state index in [-0.39, 0.29) is 10.8 Å². The van der Waals surface area contributed by atoms with Crippen molar-refractivity contribution < 1.29 is 13.2 Å². The molecule has 1 aliphatic heterocycles. The third-order valence-electron chi connectivity index (χ3n) is 3.78. The van der Waals surface area contributed by atoms with E-state index in [0.717, 1.165) is 35.9 Å². The molecular formula is C15H23N3O3S. The van der Waals surface area contributed by atoms with Gasteiger partial charge in [0, 0.05) is 39.4 Å². The minimum atomic E-state index is -3.55. The summed E-state index contributed by atoms with van der Waals surface area (Å²) < 4.78 is 25.7. The van der Waals surface area contributed by atoms with Crippen molar-refractivity contribution in [2.75, 3.05) is 38.6 Å². The van der Waals surface area contributed by atoms with Gasteiger partial charge in [0.1, 0.15) is 0 Å². The van der Waals surface area contributed by atoms with Gasteiger partial charge in [-0.2, -0.15) is 0 Å². The standard InChI is InChI=1S/C15H23N3O3S/c1-4-16-15(19)13-11-12(22(20,21)17(2)3)7-8-14(13)18-9-5-6-10-18/h7-8,11H,4-6,9-10H2,1-3H3,(H,16,19). The first-order chi connectivity index (χ1) is 10.4. The lowest BCUT2D eigenvalue weighted by molar-refractivity contribution is 0.0956. The highest BCUT2D eigenvalue weighted by atomic mass is 32.2. The summed E-state index contributed by atoms with van der Waals surface area (Å²) in [6, 6.07) is 4.80. The molecule has 1 fully saturated rings. The third kappa shape index (κ3) is 3.25. The number of benzene rings is 1. The first-order valence-corrected chi connectivity index (χ1v) is 8.91.